The first kappa shape index (κ1) is 120. The summed E-state index contributed by atoms with van der Waals surface area (Å²) in [7, 11) is -15.3. The van der Waals surface area contributed by atoms with Crippen molar-refractivity contribution in [1.29, 1.82) is 0 Å². The van der Waals surface area contributed by atoms with Crippen LogP contribution in [-0.4, -0.2) is 76.7 Å². The Morgan fingerprint density at radius 2 is 0.531 bits per heavy atom. The second-order valence-electron chi connectivity index (χ2n) is 26.7. The minimum Gasteiger partial charge on any atom is -0.289 e. The van der Waals surface area contributed by atoms with E-state index in [1.54, 1.807) is 233 Å². The van der Waals surface area contributed by atoms with Crippen molar-refractivity contribution < 1.29 is 52.8 Å². The number of ketones is 4. The van der Waals surface area contributed by atoms with Gasteiger partial charge in [0.15, 0.2) is 5.78 Å². The standard InChI is InChI=1S/3C22H22N2O3S.C20H18N2O3S.10C2H6/c1-14-5-7-18(8-6-14)28(26,27)24-21-12-16(3)15(2)11-20(21)22(25)19-9-10-23-13-17(19)4;1-14-7-9-18(10-8-14)28(26,27)24-20-13-17(4)16(3)12-19(20)22(25)21-15(2)6-5-11-23-21;1-14-8-10-18(11-9-14)28(26,27)24-21-13-16(3)15(2)12-19(21)22(25)20-7-5-6-17(4)23-20;1-14-12-17(20(23)18-10-6-7-11-21-18)19(13-15(14)2)22-26(24,25)16-8-4-3-5-9-16;10*1-2/h3*5-13,24H,1-4H3;3-13,22H,1-2H3;10*1-2H3. The molecule has 0 fully saturated rings. The fraction of sp³-hybridized carbons (Fsp3) is 0.321. The Morgan fingerprint density at radius 3 is 0.846 bits per heavy atom. The van der Waals surface area contributed by atoms with E-state index in [0.717, 1.165) is 78.0 Å². The maximum atomic E-state index is 13.2. The average Bonchev–Trinajstić information content (AvgIpc) is 0.785. The van der Waals surface area contributed by atoms with Gasteiger partial charge in [-0.3, -0.25) is 53.0 Å². The molecule has 0 spiro atoms. The molecule has 8 aromatic carbocycles. The molecule has 24 heteroatoms. The lowest BCUT2D eigenvalue weighted by Crippen LogP contribution is -2.17. The second kappa shape index (κ2) is 61.5. The van der Waals surface area contributed by atoms with E-state index in [1.807, 2.05) is 215 Å². The second-order valence-corrected chi connectivity index (χ2v) is 33.4. The van der Waals surface area contributed by atoms with Crippen molar-refractivity contribution in [2.75, 3.05) is 18.9 Å². The first-order valence-corrected chi connectivity index (χ1v) is 50.5. The molecule has 704 valence electrons. The van der Waals surface area contributed by atoms with Crippen molar-refractivity contribution in [1.82, 2.24) is 19.9 Å². The number of nitrogens with one attached hydrogen (secondary N) is 4. The number of sulfonamides is 4. The summed E-state index contributed by atoms with van der Waals surface area (Å²) in [6.45, 7) is 66.1. The normalized spacial score (nSPS) is 9.98. The summed E-state index contributed by atoms with van der Waals surface area (Å²) in [5.41, 5.74) is 15.7. The third-order valence-corrected chi connectivity index (χ3v) is 23.6. The van der Waals surface area contributed by atoms with E-state index in [9.17, 15) is 52.8 Å². The molecular formula is C106H144N8O12S4. The maximum Gasteiger partial charge on any atom is 0.261 e. The van der Waals surface area contributed by atoms with E-state index in [-0.39, 0.29) is 93.5 Å². The van der Waals surface area contributed by atoms with Crippen LogP contribution in [0, 0.1) is 96.9 Å². The molecule has 4 N–H and O–H groups in total. The Balaban J connectivity index is 0. The highest BCUT2D eigenvalue weighted by atomic mass is 32.2. The molecule has 0 aliphatic rings. The SMILES string of the molecule is CC.CC.CC.CC.CC.CC.CC.CC.CC.CC.Cc1cc(NS(=O)(=O)c2ccccc2)c(C(=O)c2ccccn2)cc1C.Cc1ccc(S(=O)(=O)Nc2cc(C)c(C)cc2C(=O)c2cccc(C)n2)cc1.Cc1ccc(S(=O)(=O)Nc2cc(C)c(C)cc2C(=O)c2ccncc2C)cc1.Cc1ccc(S(=O)(=O)Nc2cc(C)c(C)cc2C(=O)c2ncccc2C)cc1. The number of aromatic nitrogens is 4. The van der Waals surface area contributed by atoms with Gasteiger partial charge in [-0.15, -0.1) is 0 Å². The lowest BCUT2D eigenvalue weighted by Gasteiger charge is -2.15. The fourth-order valence-corrected chi connectivity index (χ4v) is 15.4. The van der Waals surface area contributed by atoms with Gasteiger partial charge in [0.2, 0.25) is 17.3 Å². The molecule has 12 rings (SSSR count). The maximum absolute atomic E-state index is 13.2. The van der Waals surface area contributed by atoms with Crippen LogP contribution >= 0.6 is 0 Å². The first-order chi connectivity index (χ1) is 61.9. The molecule has 0 saturated heterocycles. The van der Waals surface area contributed by atoms with E-state index in [0.29, 0.717) is 16.8 Å². The van der Waals surface area contributed by atoms with E-state index < -0.39 is 40.1 Å². The van der Waals surface area contributed by atoms with Crippen LogP contribution < -0.4 is 18.9 Å². The first-order valence-electron chi connectivity index (χ1n) is 44.6. The molecule has 0 aliphatic heterocycles. The van der Waals surface area contributed by atoms with Gasteiger partial charge in [0, 0.05) is 58.3 Å². The molecule has 130 heavy (non-hydrogen) atoms. The Kier molecular flexibility index (Phi) is 56.8. The Bertz CT molecular complexity index is 5790. The summed E-state index contributed by atoms with van der Waals surface area (Å²) in [4.78, 5) is 69.3. The number of carbonyl (C=O) groups excluding carboxylic acids is 4. The molecule has 0 saturated carbocycles. The quantitative estimate of drug-likeness (QED) is 0.0515. The monoisotopic (exact) mass is 1850 g/mol. The zero-order chi connectivity index (χ0) is 100. The van der Waals surface area contributed by atoms with Gasteiger partial charge in [-0.2, -0.15) is 0 Å². The summed E-state index contributed by atoms with van der Waals surface area (Å²) in [6, 6.07) is 56.7. The summed E-state index contributed by atoms with van der Waals surface area (Å²) in [6.07, 6.45) is 6.25. The van der Waals surface area contributed by atoms with Crippen molar-refractivity contribution in [3.8, 4) is 0 Å². The van der Waals surface area contributed by atoms with Gasteiger partial charge < -0.3 is 0 Å². The summed E-state index contributed by atoms with van der Waals surface area (Å²) in [5.74, 6) is -1.22. The van der Waals surface area contributed by atoms with E-state index >= 15 is 0 Å². The van der Waals surface area contributed by atoms with Crippen molar-refractivity contribution in [3.63, 3.8) is 0 Å². The number of hydrogen-bond donors (Lipinski definition) is 4. The van der Waals surface area contributed by atoms with Crippen LogP contribution in [0.1, 0.15) is 281 Å². The summed E-state index contributed by atoms with van der Waals surface area (Å²) in [5, 5.41) is 0. The van der Waals surface area contributed by atoms with E-state index in [4.69, 9.17) is 0 Å². The number of nitrogens with zero attached hydrogens (tertiary/aromatic N) is 4. The van der Waals surface area contributed by atoms with Crippen molar-refractivity contribution in [2.24, 2.45) is 0 Å². The third-order valence-electron chi connectivity index (χ3n) is 18.0. The summed E-state index contributed by atoms with van der Waals surface area (Å²) >= 11 is 0. The van der Waals surface area contributed by atoms with Crippen LogP contribution in [-0.2, 0) is 40.1 Å². The zero-order valence-electron chi connectivity index (χ0n) is 83.3. The molecule has 4 aromatic heterocycles. The Labute approximate surface area is 781 Å². The molecule has 0 amide bonds. The topological polar surface area (TPSA) is 305 Å². The number of carbonyl (C=O) groups is 4. The highest BCUT2D eigenvalue weighted by Gasteiger charge is 2.27. The number of rotatable bonds is 20. The van der Waals surface area contributed by atoms with Crippen LogP contribution in [0.25, 0.3) is 0 Å². The largest absolute Gasteiger partial charge is 0.289 e. The highest BCUT2D eigenvalue weighted by Crippen LogP contribution is 2.32. The Morgan fingerprint density at radius 1 is 0.238 bits per heavy atom. The Hall–Kier alpha value is -12.0. The number of pyridine rings is 4. The van der Waals surface area contributed by atoms with Gasteiger partial charge >= 0.3 is 0 Å². The lowest BCUT2D eigenvalue weighted by molar-refractivity contribution is 0.102. The van der Waals surface area contributed by atoms with Crippen molar-refractivity contribution in [2.45, 2.75) is 255 Å². The minimum atomic E-state index is -3.83. The van der Waals surface area contributed by atoms with Gasteiger partial charge in [0.25, 0.3) is 40.1 Å². The number of aryl methyl sites for hydroxylation is 14. The predicted molar refractivity (Wildman–Crippen MR) is 545 cm³/mol. The summed E-state index contributed by atoms with van der Waals surface area (Å²) < 4.78 is 113. The molecule has 0 unspecified atom stereocenters. The van der Waals surface area contributed by atoms with Gasteiger partial charge in [-0.1, -0.05) is 228 Å². The number of anilines is 4. The van der Waals surface area contributed by atoms with Crippen LogP contribution in [0.4, 0.5) is 22.7 Å². The average molecular weight is 1850 g/mol. The molecule has 12 aromatic rings. The van der Waals surface area contributed by atoms with E-state index in [2.05, 4.69) is 38.8 Å². The zero-order valence-corrected chi connectivity index (χ0v) is 86.5. The molecule has 4 heterocycles. The molecular weight excluding hydrogens is 1710 g/mol. The third kappa shape index (κ3) is 36.2. The van der Waals surface area contributed by atoms with Crippen LogP contribution in [0.2, 0.25) is 0 Å². The van der Waals surface area contributed by atoms with Crippen molar-refractivity contribution in [3.05, 3.63) is 354 Å². The molecule has 20 nitrogen and oxygen atoms in total. The minimum absolute atomic E-state index is 0.134. The molecule has 0 bridgehead atoms. The highest BCUT2D eigenvalue weighted by molar-refractivity contribution is 7.93. The van der Waals surface area contributed by atoms with Gasteiger partial charge in [0.1, 0.15) is 17.1 Å². The smallest absolute Gasteiger partial charge is 0.261 e. The molecule has 0 radical (unpaired) electrons. The van der Waals surface area contributed by atoms with Gasteiger partial charge in [-0.25, -0.2) is 38.7 Å². The fourth-order valence-electron chi connectivity index (χ4n) is 11.1. The van der Waals surface area contributed by atoms with Gasteiger partial charge in [0.05, 0.1) is 42.3 Å². The molecule has 0 aliphatic carbocycles. The van der Waals surface area contributed by atoms with Crippen LogP contribution in [0.15, 0.2) is 251 Å². The van der Waals surface area contributed by atoms with Gasteiger partial charge in [-0.05, 0) is 286 Å². The molecule has 0 atom stereocenters. The van der Waals surface area contributed by atoms with Crippen LogP contribution in [0.5, 0.6) is 0 Å². The van der Waals surface area contributed by atoms with E-state index in [1.165, 1.54) is 18.3 Å². The number of benzene rings is 8. The van der Waals surface area contributed by atoms with Crippen LogP contribution in [0.3, 0.4) is 0 Å². The lowest BCUT2D eigenvalue weighted by atomic mass is 9.96. The van der Waals surface area contributed by atoms with Crippen molar-refractivity contribution >= 4 is 86.0 Å². The predicted octanol–water partition coefficient (Wildman–Crippen LogP) is 27.0. The number of hydrogen-bond acceptors (Lipinski definition) is 16.